The van der Waals surface area contributed by atoms with Gasteiger partial charge in [0.2, 0.25) is 5.95 Å². The number of aromatic nitrogens is 2. The van der Waals surface area contributed by atoms with Gasteiger partial charge < -0.3 is 9.74 Å². The average Bonchev–Trinajstić information content (AvgIpc) is 3.26. The summed E-state index contributed by atoms with van der Waals surface area (Å²) in [5, 5.41) is 4.09. The number of oxime groups is 1. The maximum Gasteiger partial charge on any atom is 0.212 e. The molecule has 0 atom stereocenters. The van der Waals surface area contributed by atoms with Gasteiger partial charge in [0.1, 0.15) is 12.3 Å². The number of hydrogen-bond acceptors (Lipinski definition) is 6. The fourth-order valence-electron chi connectivity index (χ4n) is 4.86. The van der Waals surface area contributed by atoms with Crippen molar-refractivity contribution in [3.05, 3.63) is 89.3 Å². The van der Waals surface area contributed by atoms with Gasteiger partial charge in [-0.05, 0) is 61.9 Å². The number of benzene rings is 1. The van der Waals surface area contributed by atoms with E-state index in [0.29, 0.717) is 23.6 Å². The molecule has 35 heavy (non-hydrogen) atoms. The number of anilines is 1. The van der Waals surface area contributed by atoms with Crippen LogP contribution in [0.15, 0.2) is 60.0 Å². The SMILES string of the molecule is CCO/N=C(\c1ccc(F)c(F)c1)c1ccc(CN2CCC3(C2)CN(c2ccc(F)nc2)C3)cn1. The standard InChI is InChI=1S/C26H26F3N5O/c1-2-35-32-25(19-4-6-21(27)22(28)11-19)23-7-3-18(12-30-23)14-33-10-9-26(15-33)16-34(17-26)20-5-8-24(29)31-13-20/h3-8,11-13H,2,9-10,14-17H2,1H3/b32-25+. The van der Waals surface area contributed by atoms with Crippen LogP contribution >= 0.6 is 0 Å². The lowest BCUT2D eigenvalue weighted by molar-refractivity contribution is 0.159. The minimum absolute atomic E-state index is 0.256. The van der Waals surface area contributed by atoms with E-state index in [0.717, 1.165) is 62.5 Å². The molecule has 3 aromatic rings. The topological polar surface area (TPSA) is 53.9 Å². The highest BCUT2D eigenvalue weighted by atomic mass is 19.2. The van der Waals surface area contributed by atoms with Crippen LogP contribution in [0, 0.1) is 23.0 Å². The Bertz CT molecular complexity index is 1210. The molecular formula is C26H26F3N5O. The Kier molecular flexibility index (Phi) is 6.42. The first-order valence-corrected chi connectivity index (χ1v) is 11.6. The largest absolute Gasteiger partial charge is 0.396 e. The summed E-state index contributed by atoms with van der Waals surface area (Å²) < 4.78 is 40.3. The maximum absolute atomic E-state index is 13.8. The van der Waals surface area contributed by atoms with Gasteiger partial charge >= 0.3 is 0 Å². The molecule has 4 heterocycles. The van der Waals surface area contributed by atoms with Crippen molar-refractivity contribution in [2.75, 3.05) is 37.7 Å². The zero-order valence-electron chi connectivity index (χ0n) is 19.4. The predicted octanol–water partition coefficient (Wildman–Crippen LogP) is 4.40. The highest BCUT2D eigenvalue weighted by molar-refractivity contribution is 6.11. The number of rotatable bonds is 7. The normalized spacial score (nSPS) is 17.6. The van der Waals surface area contributed by atoms with Gasteiger partial charge in [-0.3, -0.25) is 9.88 Å². The Labute approximate surface area is 202 Å². The number of likely N-dealkylation sites (tertiary alicyclic amines) is 1. The molecule has 2 aliphatic heterocycles. The quantitative estimate of drug-likeness (QED) is 0.285. The molecule has 0 radical (unpaired) electrons. The molecule has 2 fully saturated rings. The highest BCUT2D eigenvalue weighted by Gasteiger charge is 2.47. The van der Waals surface area contributed by atoms with Crippen LogP contribution in [0.3, 0.4) is 0 Å². The van der Waals surface area contributed by atoms with Gasteiger partial charge in [0.05, 0.1) is 17.6 Å². The van der Waals surface area contributed by atoms with Crippen LogP contribution in [-0.2, 0) is 11.4 Å². The van der Waals surface area contributed by atoms with E-state index in [2.05, 4.69) is 24.9 Å². The zero-order valence-corrected chi connectivity index (χ0v) is 19.4. The van der Waals surface area contributed by atoms with Crippen molar-refractivity contribution in [3.8, 4) is 0 Å². The van der Waals surface area contributed by atoms with Crippen LogP contribution in [0.4, 0.5) is 18.9 Å². The van der Waals surface area contributed by atoms with E-state index in [1.807, 2.05) is 12.1 Å². The van der Waals surface area contributed by atoms with Crippen molar-refractivity contribution < 1.29 is 18.0 Å². The first-order chi connectivity index (χ1) is 16.9. The summed E-state index contributed by atoms with van der Waals surface area (Å²) in [4.78, 5) is 18.1. The Morgan fingerprint density at radius 1 is 1.00 bits per heavy atom. The lowest BCUT2D eigenvalue weighted by Crippen LogP contribution is -2.57. The molecule has 2 aliphatic rings. The number of hydrogen-bond donors (Lipinski definition) is 0. The molecule has 6 nitrogen and oxygen atoms in total. The van der Waals surface area contributed by atoms with Gasteiger partial charge in [0.15, 0.2) is 11.6 Å². The first kappa shape index (κ1) is 23.3. The number of pyridine rings is 2. The lowest BCUT2D eigenvalue weighted by atomic mass is 9.79. The van der Waals surface area contributed by atoms with Gasteiger partial charge in [0.25, 0.3) is 0 Å². The van der Waals surface area contributed by atoms with Crippen molar-refractivity contribution in [2.24, 2.45) is 10.6 Å². The summed E-state index contributed by atoms with van der Waals surface area (Å²) in [5.41, 5.74) is 3.54. The third kappa shape index (κ3) is 5.00. The smallest absolute Gasteiger partial charge is 0.212 e. The molecule has 9 heteroatoms. The van der Waals surface area contributed by atoms with Gasteiger partial charge in [-0.1, -0.05) is 11.2 Å². The van der Waals surface area contributed by atoms with Gasteiger partial charge in [0, 0.05) is 43.4 Å². The predicted molar refractivity (Wildman–Crippen MR) is 127 cm³/mol. The summed E-state index contributed by atoms with van der Waals surface area (Å²) in [7, 11) is 0. The molecule has 5 rings (SSSR count). The van der Waals surface area contributed by atoms with Gasteiger partial charge in [-0.25, -0.2) is 13.8 Å². The Morgan fingerprint density at radius 3 is 2.54 bits per heavy atom. The molecule has 182 valence electrons. The summed E-state index contributed by atoms with van der Waals surface area (Å²) >= 11 is 0. The summed E-state index contributed by atoms with van der Waals surface area (Å²) in [6.45, 7) is 6.80. The van der Waals surface area contributed by atoms with Crippen molar-refractivity contribution in [1.82, 2.24) is 14.9 Å². The third-order valence-electron chi connectivity index (χ3n) is 6.60. The second kappa shape index (κ2) is 9.65. The molecule has 0 amide bonds. The molecule has 2 aromatic heterocycles. The minimum atomic E-state index is -0.948. The molecule has 1 spiro atoms. The van der Waals surface area contributed by atoms with Gasteiger partial charge in [-0.2, -0.15) is 4.39 Å². The van der Waals surface area contributed by atoms with E-state index in [-0.39, 0.29) is 5.41 Å². The lowest BCUT2D eigenvalue weighted by Gasteiger charge is -2.49. The third-order valence-corrected chi connectivity index (χ3v) is 6.60. The second-order valence-corrected chi connectivity index (χ2v) is 9.19. The molecule has 2 saturated heterocycles. The Morgan fingerprint density at radius 2 is 1.86 bits per heavy atom. The minimum Gasteiger partial charge on any atom is -0.396 e. The van der Waals surface area contributed by atoms with E-state index in [1.54, 1.807) is 25.4 Å². The van der Waals surface area contributed by atoms with E-state index in [1.165, 1.54) is 12.1 Å². The molecule has 0 unspecified atom stereocenters. The fourth-order valence-corrected chi connectivity index (χ4v) is 4.86. The molecule has 0 aliphatic carbocycles. The van der Waals surface area contributed by atoms with Crippen LogP contribution in [0.25, 0.3) is 0 Å². The van der Waals surface area contributed by atoms with E-state index < -0.39 is 17.6 Å². The summed E-state index contributed by atoms with van der Waals surface area (Å²) in [6.07, 6.45) is 4.50. The zero-order chi connectivity index (χ0) is 24.4. The van der Waals surface area contributed by atoms with Crippen molar-refractivity contribution >= 4 is 11.4 Å². The van der Waals surface area contributed by atoms with Crippen LogP contribution in [0.2, 0.25) is 0 Å². The van der Waals surface area contributed by atoms with Crippen LogP contribution in [0.5, 0.6) is 0 Å². The highest BCUT2D eigenvalue weighted by Crippen LogP contribution is 2.42. The van der Waals surface area contributed by atoms with E-state index in [4.69, 9.17) is 4.84 Å². The molecule has 1 aromatic carbocycles. The van der Waals surface area contributed by atoms with Crippen LogP contribution in [-0.4, -0.2) is 53.4 Å². The second-order valence-electron chi connectivity index (χ2n) is 9.19. The van der Waals surface area contributed by atoms with Crippen molar-refractivity contribution in [1.29, 1.82) is 0 Å². The Balaban J connectivity index is 1.22. The van der Waals surface area contributed by atoms with E-state index >= 15 is 0 Å². The van der Waals surface area contributed by atoms with E-state index in [9.17, 15) is 13.2 Å². The molecule has 0 bridgehead atoms. The molecular weight excluding hydrogens is 455 g/mol. The maximum atomic E-state index is 13.8. The van der Waals surface area contributed by atoms with Crippen molar-refractivity contribution in [2.45, 2.75) is 19.9 Å². The van der Waals surface area contributed by atoms with Crippen LogP contribution < -0.4 is 4.90 Å². The molecule has 0 saturated carbocycles. The number of halogens is 3. The van der Waals surface area contributed by atoms with Crippen molar-refractivity contribution in [3.63, 3.8) is 0 Å². The average molecular weight is 482 g/mol. The van der Waals surface area contributed by atoms with Crippen LogP contribution in [0.1, 0.15) is 30.2 Å². The monoisotopic (exact) mass is 481 g/mol. The Hall–Kier alpha value is -3.46. The number of nitrogens with zero attached hydrogens (tertiary/aromatic N) is 5. The van der Waals surface area contributed by atoms with Gasteiger partial charge in [-0.15, -0.1) is 0 Å². The summed E-state index contributed by atoms with van der Waals surface area (Å²) in [5.74, 6) is -2.33. The fraction of sp³-hybridized carbons (Fsp3) is 0.346. The first-order valence-electron chi connectivity index (χ1n) is 11.6. The molecule has 0 N–H and O–H groups in total. The summed E-state index contributed by atoms with van der Waals surface area (Å²) in [6, 6.07) is 10.6.